The van der Waals surface area contributed by atoms with E-state index in [1.54, 1.807) is 0 Å². The van der Waals surface area contributed by atoms with Crippen LogP contribution in [0, 0.1) is 0 Å². The van der Waals surface area contributed by atoms with Gasteiger partial charge in [-0.25, -0.2) is 0 Å². The summed E-state index contributed by atoms with van der Waals surface area (Å²) in [5, 5.41) is 8.83. The number of aryl methyl sites for hydroxylation is 2. The second-order valence-electron chi connectivity index (χ2n) is 6.53. The number of aliphatic carboxylic acids is 1. The first-order chi connectivity index (χ1) is 12.2. The molecule has 140 valence electrons. The number of benzene rings is 2. The third-order valence-electron chi connectivity index (χ3n) is 4.69. The highest BCUT2D eigenvalue weighted by Gasteiger charge is 2.22. The molecule has 0 amide bonds. The molecule has 0 bridgehead atoms. The van der Waals surface area contributed by atoms with Gasteiger partial charge in [0, 0.05) is 19.6 Å². The maximum Gasteiger partial charge on any atom is 0.304 e. The van der Waals surface area contributed by atoms with Crippen molar-refractivity contribution >= 4 is 18.4 Å². The van der Waals surface area contributed by atoms with E-state index in [9.17, 15) is 4.79 Å². The van der Waals surface area contributed by atoms with Crippen LogP contribution in [0.4, 0.5) is 0 Å². The van der Waals surface area contributed by atoms with E-state index in [1.807, 2.05) is 6.07 Å². The first-order valence-corrected chi connectivity index (χ1v) is 8.89. The molecule has 26 heavy (non-hydrogen) atoms. The highest BCUT2D eigenvalue weighted by Crippen LogP contribution is 2.23. The molecule has 3 rings (SSSR count). The maximum atomic E-state index is 10.7. The number of morpholine rings is 1. The average Bonchev–Trinajstić information content (AvgIpc) is 2.66. The number of nitrogens with zero attached hydrogens (tertiary/aromatic N) is 1. The molecule has 0 aliphatic carbocycles. The second kappa shape index (κ2) is 10.3. The molecule has 2 aromatic carbocycles. The van der Waals surface area contributed by atoms with Crippen molar-refractivity contribution in [2.45, 2.75) is 25.4 Å². The largest absolute Gasteiger partial charge is 0.481 e. The van der Waals surface area contributed by atoms with Crippen molar-refractivity contribution in [1.82, 2.24) is 4.90 Å². The number of carbonyl (C=O) groups is 1. The summed E-state index contributed by atoms with van der Waals surface area (Å²) < 4.78 is 5.88. The molecule has 1 heterocycles. The Bertz CT molecular complexity index is 675. The van der Waals surface area contributed by atoms with Crippen LogP contribution < -0.4 is 0 Å². The van der Waals surface area contributed by atoms with Crippen LogP contribution in [0.2, 0.25) is 0 Å². The number of hydrogen-bond acceptors (Lipinski definition) is 3. The Kier molecular flexibility index (Phi) is 8.10. The molecule has 1 unspecified atom stereocenters. The molecule has 1 N–H and O–H groups in total. The van der Waals surface area contributed by atoms with Crippen molar-refractivity contribution in [3.05, 3.63) is 71.3 Å². The van der Waals surface area contributed by atoms with Gasteiger partial charge in [0.25, 0.3) is 0 Å². The summed E-state index contributed by atoms with van der Waals surface area (Å²) in [5.74, 6) is -0.745. The zero-order chi connectivity index (χ0) is 17.5. The van der Waals surface area contributed by atoms with Gasteiger partial charge in [-0.1, -0.05) is 54.6 Å². The molecule has 4 nitrogen and oxygen atoms in total. The first-order valence-electron chi connectivity index (χ1n) is 8.89. The van der Waals surface area contributed by atoms with Crippen molar-refractivity contribution in [2.75, 3.05) is 26.2 Å². The lowest BCUT2D eigenvalue weighted by Crippen LogP contribution is -2.39. The molecule has 1 aliphatic rings. The van der Waals surface area contributed by atoms with E-state index >= 15 is 0 Å². The molecule has 0 spiro atoms. The number of ether oxygens (including phenoxy) is 1. The fraction of sp³-hybridized carbons (Fsp3) is 0.381. The highest BCUT2D eigenvalue weighted by atomic mass is 35.5. The van der Waals surface area contributed by atoms with Gasteiger partial charge in [-0.05, 0) is 29.5 Å². The van der Waals surface area contributed by atoms with Crippen LogP contribution in [0.1, 0.15) is 29.2 Å². The third kappa shape index (κ3) is 6.13. The summed E-state index contributed by atoms with van der Waals surface area (Å²) in [6.07, 6.45) is 2.29. The molecule has 1 saturated heterocycles. The fourth-order valence-electron chi connectivity index (χ4n) is 3.19. The predicted molar refractivity (Wildman–Crippen MR) is 105 cm³/mol. The van der Waals surface area contributed by atoms with Crippen molar-refractivity contribution in [1.29, 1.82) is 0 Å². The highest BCUT2D eigenvalue weighted by molar-refractivity contribution is 5.85. The van der Waals surface area contributed by atoms with Crippen LogP contribution in [0.15, 0.2) is 54.6 Å². The van der Waals surface area contributed by atoms with E-state index in [2.05, 4.69) is 53.4 Å². The maximum absolute atomic E-state index is 10.7. The minimum Gasteiger partial charge on any atom is -0.481 e. The molecule has 1 aliphatic heterocycles. The van der Waals surface area contributed by atoms with Crippen molar-refractivity contribution in [3.8, 4) is 0 Å². The Balaban J connectivity index is 0.00000243. The van der Waals surface area contributed by atoms with E-state index in [-0.39, 0.29) is 24.9 Å². The van der Waals surface area contributed by atoms with Gasteiger partial charge in [-0.3, -0.25) is 9.69 Å². The lowest BCUT2D eigenvalue weighted by atomic mass is 10.0. The Morgan fingerprint density at radius 3 is 2.35 bits per heavy atom. The lowest BCUT2D eigenvalue weighted by molar-refractivity contribution is -0.137. The second-order valence-corrected chi connectivity index (χ2v) is 6.53. The van der Waals surface area contributed by atoms with Gasteiger partial charge in [0.2, 0.25) is 0 Å². The topological polar surface area (TPSA) is 49.8 Å². The summed E-state index contributed by atoms with van der Waals surface area (Å²) in [7, 11) is 0. The molecule has 5 heteroatoms. The smallest absolute Gasteiger partial charge is 0.304 e. The minimum atomic E-state index is -0.745. The molecule has 0 saturated carbocycles. The van der Waals surface area contributed by atoms with E-state index in [0.29, 0.717) is 13.2 Å². The van der Waals surface area contributed by atoms with E-state index in [0.717, 1.165) is 25.9 Å². The molecule has 0 radical (unpaired) electrons. The van der Waals surface area contributed by atoms with Gasteiger partial charge in [0.05, 0.1) is 19.1 Å². The van der Waals surface area contributed by atoms with Gasteiger partial charge in [0.1, 0.15) is 0 Å². The zero-order valence-electron chi connectivity index (χ0n) is 14.8. The van der Waals surface area contributed by atoms with Crippen molar-refractivity contribution in [3.63, 3.8) is 0 Å². The third-order valence-corrected chi connectivity index (χ3v) is 4.69. The lowest BCUT2D eigenvalue weighted by Gasteiger charge is -2.32. The number of hydrogen-bond donors (Lipinski definition) is 1. The number of halogens is 1. The minimum absolute atomic E-state index is 0. The number of rotatable bonds is 7. The quantitative estimate of drug-likeness (QED) is 0.800. The van der Waals surface area contributed by atoms with Gasteiger partial charge in [-0.2, -0.15) is 0 Å². The SMILES string of the molecule is Cl.O=C(O)CCN1CCOC(c2ccc(CCc3ccccc3)cc2)C1. The number of carboxylic acids is 1. The average molecular weight is 376 g/mol. The fourth-order valence-corrected chi connectivity index (χ4v) is 3.19. The summed E-state index contributed by atoms with van der Waals surface area (Å²) >= 11 is 0. The van der Waals surface area contributed by atoms with Crippen LogP contribution in [-0.2, 0) is 22.4 Å². The van der Waals surface area contributed by atoms with Crippen LogP contribution in [0.5, 0.6) is 0 Å². The Labute approximate surface area is 161 Å². The van der Waals surface area contributed by atoms with Crippen molar-refractivity contribution in [2.24, 2.45) is 0 Å². The van der Waals surface area contributed by atoms with E-state index < -0.39 is 5.97 Å². The van der Waals surface area contributed by atoms with Crippen LogP contribution in [0.25, 0.3) is 0 Å². The Morgan fingerprint density at radius 2 is 1.69 bits per heavy atom. The summed E-state index contributed by atoms with van der Waals surface area (Å²) in [6.45, 7) is 2.81. The van der Waals surface area contributed by atoms with E-state index in [1.165, 1.54) is 16.7 Å². The van der Waals surface area contributed by atoms with Gasteiger partial charge in [-0.15, -0.1) is 12.4 Å². The zero-order valence-corrected chi connectivity index (χ0v) is 15.7. The monoisotopic (exact) mass is 375 g/mol. The van der Waals surface area contributed by atoms with Gasteiger partial charge >= 0.3 is 5.97 Å². The summed E-state index contributed by atoms with van der Waals surface area (Å²) in [5.41, 5.74) is 3.85. The molecule has 1 fully saturated rings. The molecular weight excluding hydrogens is 350 g/mol. The molecular formula is C21H26ClNO3. The molecule has 1 atom stereocenters. The first kappa shape index (κ1) is 20.4. The van der Waals surface area contributed by atoms with Crippen LogP contribution in [-0.4, -0.2) is 42.2 Å². The predicted octanol–water partition coefficient (Wildman–Crippen LogP) is 3.74. The van der Waals surface area contributed by atoms with Crippen molar-refractivity contribution < 1.29 is 14.6 Å². The Hall–Kier alpha value is -1.88. The standard InChI is InChI=1S/C21H25NO3.ClH/c23-21(24)12-13-22-14-15-25-20(16-22)19-10-8-18(9-11-19)7-6-17-4-2-1-3-5-17;/h1-5,8-11,20H,6-7,12-16H2,(H,23,24);1H. The van der Waals surface area contributed by atoms with Gasteiger partial charge < -0.3 is 9.84 Å². The number of carboxylic acid groups (broad SMARTS) is 1. The van der Waals surface area contributed by atoms with E-state index in [4.69, 9.17) is 9.84 Å². The van der Waals surface area contributed by atoms with Gasteiger partial charge in [0.15, 0.2) is 0 Å². The summed E-state index contributed by atoms with van der Waals surface area (Å²) in [6, 6.07) is 19.2. The van der Waals surface area contributed by atoms with Crippen LogP contribution >= 0.6 is 12.4 Å². The van der Waals surface area contributed by atoms with Crippen LogP contribution in [0.3, 0.4) is 0 Å². The molecule has 2 aromatic rings. The normalized spacial score (nSPS) is 17.5. The molecule has 0 aromatic heterocycles. The Morgan fingerprint density at radius 1 is 1.04 bits per heavy atom. The summed E-state index contributed by atoms with van der Waals surface area (Å²) in [4.78, 5) is 12.9.